The molecule has 552 valence electrons. The number of aliphatic hydroxyl groups is 1. The molecule has 0 aliphatic rings. The molecule has 0 saturated heterocycles. The Morgan fingerprint density at radius 3 is 0.731 bits per heavy atom. The summed E-state index contributed by atoms with van der Waals surface area (Å²) in [5.41, 5.74) is 0. The number of phosphoric ester groups is 2. The van der Waals surface area contributed by atoms with Crippen molar-refractivity contribution in [3.05, 3.63) is 0 Å². The molecule has 0 radical (unpaired) electrons. The maximum absolute atomic E-state index is 13.1. The van der Waals surface area contributed by atoms with E-state index in [0.717, 1.165) is 109 Å². The zero-order valence-corrected chi connectivity index (χ0v) is 62.2. The van der Waals surface area contributed by atoms with E-state index in [9.17, 15) is 43.2 Å². The number of phosphoric acid groups is 2. The molecule has 0 aliphatic carbocycles. The Bertz CT molecular complexity index is 1790. The number of aliphatic hydroxyl groups excluding tert-OH is 1. The average molecular weight is 1370 g/mol. The SMILES string of the molecule is CCCCCCCCCCCCCCCCCC(=O)OC[C@H](COP(=O)(O)OC[C@@H](O)COP(=O)(O)OC[C@@H](COC(=O)CCCCCCCCC)OC(=O)CCCCCCCCCCCCCCCC)OC(=O)CCCCCCCCCCCCCCCCC(C)C. The predicted octanol–water partition coefficient (Wildman–Crippen LogP) is 21.7. The molecule has 0 aromatic rings. The molecule has 0 aliphatic heterocycles. The van der Waals surface area contributed by atoms with Crippen LogP contribution in [0.2, 0.25) is 0 Å². The normalized spacial score (nSPS) is 14.0. The zero-order chi connectivity index (χ0) is 68.4. The highest BCUT2D eigenvalue weighted by Crippen LogP contribution is 2.45. The molecule has 19 heteroatoms. The first kappa shape index (κ1) is 91.1. The molecule has 5 atom stereocenters. The first-order valence-corrected chi connectivity index (χ1v) is 41.6. The molecule has 2 unspecified atom stereocenters. The van der Waals surface area contributed by atoms with Crippen LogP contribution >= 0.6 is 15.6 Å². The van der Waals surface area contributed by atoms with Gasteiger partial charge in [-0.3, -0.25) is 37.3 Å². The number of hydrogen-bond donors (Lipinski definition) is 3. The summed E-state index contributed by atoms with van der Waals surface area (Å²) in [6.07, 6.45) is 55.5. The lowest BCUT2D eigenvalue weighted by Crippen LogP contribution is -2.30. The smallest absolute Gasteiger partial charge is 0.462 e. The lowest BCUT2D eigenvalue weighted by Gasteiger charge is -2.21. The van der Waals surface area contributed by atoms with Crippen LogP contribution in [-0.2, 0) is 65.4 Å². The largest absolute Gasteiger partial charge is 0.472 e. The Morgan fingerprint density at radius 2 is 0.495 bits per heavy atom. The zero-order valence-electron chi connectivity index (χ0n) is 60.4. The van der Waals surface area contributed by atoms with Crippen LogP contribution in [0.3, 0.4) is 0 Å². The molecule has 0 bridgehead atoms. The first-order valence-electron chi connectivity index (χ1n) is 38.6. The van der Waals surface area contributed by atoms with Crippen molar-refractivity contribution in [1.29, 1.82) is 0 Å². The Hall–Kier alpha value is -1.94. The van der Waals surface area contributed by atoms with Crippen molar-refractivity contribution >= 4 is 39.5 Å². The summed E-state index contributed by atoms with van der Waals surface area (Å²) >= 11 is 0. The molecule has 0 saturated carbocycles. The van der Waals surface area contributed by atoms with E-state index in [1.165, 1.54) is 199 Å². The van der Waals surface area contributed by atoms with Crippen molar-refractivity contribution < 1.29 is 80.2 Å². The maximum atomic E-state index is 13.1. The minimum absolute atomic E-state index is 0.108. The fraction of sp³-hybridized carbons (Fsp3) is 0.946. The Balaban J connectivity index is 5.20. The van der Waals surface area contributed by atoms with Crippen molar-refractivity contribution in [2.45, 2.75) is 406 Å². The summed E-state index contributed by atoms with van der Waals surface area (Å²) in [6, 6.07) is 0. The summed E-state index contributed by atoms with van der Waals surface area (Å²) in [5.74, 6) is -1.32. The van der Waals surface area contributed by atoms with Crippen LogP contribution in [0, 0.1) is 5.92 Å². The second-order valence-corrected chi connectivity index (χ2v) is 30.1. The molecule has 0 fully saturated rings. The van der Waals surface area contributed by atoms with Crippen LogP contribution in [0.4, 0.5) is 0 Å². The van der Waals surface area contributed by atoms with Crippen LogP contribution in [0.25, 0.3) is 0 Å². The summed E-state index contributed by atoms with van der Waals surface area (Å²) < 4.78 is 68.4. The van der Waals surface area contributed by atoms with Gasteiger partial charge in [0.15, 0.2) is 12.2 Å². The number of esters is 4. The maximum Gasteiger partial charge on any atom is 0.472 e. The van der Waals surface area contributed by atoms with E-state index in [4.69, 9.17) is 37.0 Å². The lowest BCUT2D eigenvalue weighted by molar-refractivity contribution is -0.161. The summed E-state index contributed by atoms with van der Waals surface area (Å²) in [6.45, 7) is 7.27. The molecular weight excluding hydrogens is 1220 g/mol. The fourth-order valence-electron chi connectivity index (χ4n) is 11.4. The summed E-state index contributed by atoms with van der Waals surface area (Å²) in [4.78, 5) is 72.6. The Kier molecular flexibility index (Phi) is 65.9. The van der Waals surface area contributed by atoms with Gasteiger partial charge in [-0.2, -0.15) is 0 Å². The lowest BCUT2D eigenvalue weighted by atomic mass is 10.0. The molecule has 93 heavy (non-hydrogen) atoms. The Morgan fingerprint density at radius 1 is 0.290 bits per heavy atom. The van der Waals surface area contributed by atoms with Gasteiger partial charge in [0.05, 0.1) is 26.4 Å². The molecule has 0 aromatic carbocycles. The van der Waals surface area contributed by atoms with Gasteiger partial charge in [0, 0.05) is 25.7 Å². The van der Waals surface area contributed by atoms with E-state index < -0.39 is 97.5 Å². The number of rotatable bonds is 74. The van der Waals surface area contributed by atoms with E-state index in [0.29, 0.717) is 25.7 Å². The number of carbonyl (C=O) groups is 4. The van der Waals surface area contributed by atoms with Crippen LogP contribution < -0.4 is 0 Å². The Labute approximate surface area is 568 Å². The molecule has 0 rings (SSSR count). The topological polar surface area (TPSA) is 237 Å². The number of hydrogen-bond acceptors (Lipinski definition) is 15. The summed E-state index contributed by atoms with van der Waals surface area (Å²) in [7, 11) is -9.90. The van der Waals surface area contributed by atoms with Crippen molar-refractivity contribution in [3.8, 4) is 0 Å². The second kappa shape index (κ2) is 67.3. The van der Waals surface area contributed by atoms with Gasteiger partial charge in [-0.05, 0) is 31.6 Å². The van der Waals surface area contributed by atoms with Gasteiger partial charge in [-0.15, -0.1) is 0 Å². The highest BCUT2D eigenvalue weighted by molar-refractivity contribution is 7.47. The third-order valence-corrected chi connectivity index (χ3v) is 19.2. The first-order chi connectivity index (χ1) is 45.0. The quantitative estimate of drug-likeness (QED) is 0.0222. The van der Waals surface area contributed by atoms with Crippen LogP contribution in [0.15, 0.2) is 0 Å². The molecule has 3 N–H and O–H groups in total. The van der Waals surface area contributed by atoms with E-state index in [1.54, 1.807) is 0 Å². The van der Waals surface area contributed by atoms with Crippen molar-refractivity contribution in [3.63, 3.8) is 0 Å². The molecule has 0 amide bonds. The molecule has 0 aromatic heterocycles. The van der Waals surface area contributed by atoms with E-state index in [2.05, 4.69) is 34.6 Å². The van der Waals surface area contributed by atoms with E-state index >= 15 is 0 Å². The monoisotopic (exact) mass is 1370 g/mol. The molecule has 17 nitrogen and oxygen atoms in total. The van der Waals surface area contributed by atoms with Crippen LogP contribution in [0.1, 0.15) is 388 Å². The van der Waals surface area contributed by atoms with E-state index in [1.807, 2.05) is 0 Å². The van der Waals surface area contributed by atoms with Crippen LogP contribution in [-0.4, -0.2) is 96.7 Å². The van der Waals surface area contributed by atoms with Gasteiger partial charge in [-0.1, -0.05) is 336 Å². The van der Waals surface area contributed by atoms with Gasteiger partial charge < -0.3 is 33.8 Å². The molecule has 0 heterocycles. The number of carbonyl (C=O) groups excluding carboxylic acids is 4. The fourth-order valence-corrected chi connectivity index (χ4v) is 12.9. The molecule has 0 spiro atoms. The minimum atomic E-state index is -4.95. The van der Waals surface area contributed by atoms with Crippen LogP contribution in [0.5, 0.6) is 0 Å². The number of unbranched alkanes of at least 4 members (excludes halogenated alkanes) is 46. The van der Waals surface area contributed by atoms with Crippen molar-refractivity contribution in [1.82, 2.24) is 0 Å². The highest BCUT2D eigenvalue weighted by atomic mass is 31.2. The van der Waals surface area contributed by atoms with E-state index in [-0.39, 0.29) is 25.7 Å². The van der Waals surface area contributed by atoms with Gasteiger partial charge >= 0.3 is 39.5 Å². The standard InChI is InChI=1S/C74H144O17P2/c1-6-9-12-15-18-20-22-24-26-31-34-38-43-48-53-58-72(77)85-64-70(91-74(79)60-55-50-45-40-36-32-28-27-29-33-37-42-46-51-56-67(4)5)66-89-93(82,83)87-62-68(75)61-86-92(80,81)88-65-69(63-84-71(76)57-52-47-41-17-14-11-8-3)90-73(78)59-54-49-44-39-35-30-25-23-21-19-16-13-10-7-2/h67-70,75H,6-66H2,1-5H3,(H,80,81)(H,82,83)/t68-,69+,70+/m0/s1. The second-order valence-electron chi connectivity index (χ2n) is 27.2. The van der Waals surface area contributed by atoms with Gasteiger partial charge in [0.25, 0.3) is 0 Å². The van der Waals surface area contributed by atoms with Gasteiger partial charge in [0.1, 0.15) is 19.3 Å². The van der Waals surface area contributed by atoms with Crippen molar-refractivity contribution in [2.24, 2.45) is 5.92 Å². The number of ether oxygens (including phenoxy) is 4. The molecular formula is C74H144O17P2. The summed E-state index contributed by atoms with van der Waals surface area (Å²) in [5, 5.41) is 10.6. The minimum Gasteiger partial charge on any atom is -0.462 e. The predicted molar refractivity (Wildman–Crippen MR) is 377 cm³/mol. The van der Waals surface area contributed by atoms with Gasteiger partial charge in [0.2, 0.25) is 0 Å². The highest BCUT2D eigenvalue weighted by Gasteiger charge is 2.30. The van der Waals surface area contributed by atoms with Gasteiger partial charge in [-0.25, -0.2) is 9.13 Å². The van der Waals surface area contributed by atoms with Crippen molar-refractivity contribution in [2.75, 3.05) is 39.6 Å². The third kappa shape index (κ3) is 68.4. The average Bonchev–Trinajstić information content (AvgIpc) is 2.50. The third-order valence-electron chi connectivity index (χ3n) is 17.3.